The highest BCUT2D eigenvalue weighted by Crippen LogP contribution is 2.46. The Balaban J connectivity index is 1.67. The second-order valence-electron chi connectivity index (χ2n) is 9.29. The number of benzene rings is 2. The number of fused-ring (bicyclic) bond motifs is 4. The molecule has 1 N–H and O–H groups in total. The molecule has 6 nitrogen and oxygen atoms in total. The Hall–Kier alpha value is -3.14. The summed E-state index contributed by atoms with van der Waals surface area (Å²) in [7, 11) is 1.95. The summed E-state index contributed by atoms with van der Waals surface area (Å²) in [5.74, 6) is -0.461. The second-order valence-corrected chi connectivity index (χ2v) is 9.29. The van der Waals surface area contributed by atoms with Gasteiger partial charge in [-0.25, -0.2) is 0 Å². The third kappa shape index (κ3) is 3.68. The van der Waals surface area contributed by atoms with Crippen molar-refractivity contribution < 1.29 is 19.4 Å². The number of ether oxygens (including phenoxy) is 2. The molecule has 1 aliphatic carbocycles. The Bertz CT molecular complexity index is 1260. The van der Waals surface area contributed by atoms with Crippen molar-refractivity contribution in [1.29, 1.82) is 5.26 Å². The maximum Gasteiger partial charge on any atom is 0.195 e. The minimum atomic E-state index is -1.15. The molecule has 0 saturated carbocycles. The number of hydrogen-bond acceptors (Lipinski definition) is 5. The number of hydrogen-bond donors (Lipinski definition) is 1. The van der Waals surface area contributed by atoms with Crippen molar-refractivity contribution in [2.45, 2.75) is 45.3 Å². The first-order chi connectivity index (χ1) is 15.0. The molecule has 1 heterocycles. The molecule has 0 amide bonds. The predicted octanol–water partition coefficient (Wildman–Crippen LogP) is 4.43. The summed E-state index contributed by atoms with van der Waals surface area (Å²) in [6, 6.07) is 13.3. The van der Waals surface area contributed by atoms with Gasteiger partial charge in [-0.3, -0.25) is 4.79 Å². The Morgan fingerprint density at radius 1 is 1.16 bits per heavy atom. The average molecular weight is 433 g/mol. The molecule has 2 aromatic carbocycles. The van der Waals surface area contributed by atoms with Crippen LogP contribution < -0.4 is 4.74 Å². The third-order valence-corrected chi connectivity index (χ3v) is 6.07. The van der Waals surface area contributed by atoms with Gasteiger partial charge in [0.1, 0.15) is 5.75 Å². The lowest BCUT2D eigenvalue weighted by molar-refractivity contribution is -0.176. The third-order valence-electron chi connectivity index (χ3n) is 6.07. The Labute approximate surface area is 188 Å². The van der Waals surface area contributed by atoms with Gasteiger partial charge in [-0.1, -0.05) is 19.9 Å². The lowest BCUT2D eigenvalue weighted by atomic mass is 9.71. The van der Waals surface area contributed by atoms with Crippen LogP contribution in [-0.4, -0.2) is 34.5 Å². The molecule has 0 saturated heterocycles. The minimum Gasteiger partial charge on any atom is -0.493 e. The van der Waals surface area contributed by atoms with Gasteiger partial charge in [-0.15, -0.1) is 0 Å². The van der Waals surface area contributed by atoms with Gasteiger partial charge in [0.25, 0.3) is 0 Å². The van der Waals surface area contributed by atoms with Crippen LogP contribution in [0.15, 0.2) is 36.4 Å². The summed E-state index contributed by atoms with van der Waals surface area (Å²) in [4.78, 5) is 13.5. The lowest BCUT2D eigenvalue weighted by Gasteiger charge is -2.33. The maximum atomic E-state index is 13.5. The molecule has 0 aliphatic heterocycles. The van der Waals surface area contributed by atoms with Crippen LogP contribution in [0.5, 0.6) is 5.75 Å². The molecule has 0 unspecified atom stereocenters. The number of rotatable bonds is 6. The van der Waals surface area contributed by atoms with Crippen molar-refractivity contribution >= 4 is 16.7 Å². The van der Waals surface area contributed by atoms with E-state index in [1.807, 2.05) is 41.9 Å². The van der Waals surface area contributed by atoms with E-state index in [0.717, 1.165) is 22.2 Å². The number of nitrogens with zero attached hydrogens (tertiary/aromatic N) is 2. The number of aromatic nitrogens is 1. The molecule has 0 atom stereocenters. The quantitative estimate of drug-likeness (QED) is 0.460. The molecule has 0 spiro atoms. The number of nitriles is 1. The standard InChI is InChI=1S/C26H28N2O4/c1-25(2)20-14-17(31-11-6-12-32-26(3,4)30)8-10-18(20)23(29)22-19-9-7-16(15-27)13-21(19)28(5)24(22)25/h7-10,13-14,30H,6,11-12H2,1-5H3. The minimum absolute atomic E-state index is 0.00485. The zero-order valence-electron chi connectivity index (χ0n) is 19.2. The molecule has 1 aromatic heterocycles. The fourth-order valence-corrected chi connectivity index (χ4v) is 4.63. The van der Waals surface area contributed by atoms with Gasteiger partial charge < -0.3 is 19.1 Å². The van der Waals surface area contributed by atoms with Gasteiger partial charge in [0, 0.05) is 35.5 Å². The molecule has 166 valence electrons. The van der Waals surface area contributed by atoms with Gasteiger partial charge in [0.15, 0.2) is 11.6 Å². The molecular formula is C26H28N2O4. The van der Waals surface area contributed by atoms with Crippen LogP contribution in [0.1, 0.15) is 66.9 Å². The summed E-state index contributed by atoms with van der Waals surface area (Å²) in [6.07, 6.45) is 0.637. The van der Waals surface area contributed by atoms with E-state index in [-0.39, 0.29) is 5.78 Å². The zero-order valence-corrected chi connectivity index (χ0v) is 19.2. The number of carbonyl (C=O) groups is 1. The van der Waals surface area contributed by atoms with E-state index in [1.165, 1.54) is 0 Å². The lowest BCUT2D eigenvalue weighted by Crippen LogP contribution is -2.32. The van der Waals surface area contributed by atoms with E-state index in [2.05, 4.69) is 19.9 Å². The first-order valence-electron chi connectivity index (χ1n) is 10.8. The Morgan fingerprint density at radius 3 is 2.59 bits per heavy atom. The maximum absolute atomic E-state index is 13.5. The molecule has 0 fully saturated rings. The number of aryl methyl sites for hydroxylation is 1. The summed E-state index contributed by atoms with van der Waals surface area (Å²) in [5, 5.41) is 19.8. The van der Waals surface area contributed by atoms with E-state index >= 15 is 0 Å². The van der Waals surface area contributed by atoms with E-state index in [1.54, 1.807) is 19.9 Å². The SMILES string of the molecule is Cn1c2c(c3ccc(C#N)cc31)C(=O)c1ccc(OCCCOC(C)(C)O)cc1C2(C)C. The second kappa shape index (κ2) is 7.77. The van der Waals surface area contributed by atoms with E-state index < -0.39 is 11.2 Å². The molecule has 4 rings (SSSR count). The van der Waals surface area contributed by atoms with Crippen molar-refractivity contribution in [2.75, 3.05) is 13.2 Å². The number of ketones is 1. The number of aliphatic hydroxyl groups is 1. The van der Waals surface area contributed by atoms with Crippen LogP contribution in [0.4, 0.5) is 0 Å². The molecule has 0 radical (unpaired) electrons. The fourth-order valence-electron chi connectivity index (χ4n) is 4.63. The van der Waals surface area contributed by atoms with E-state index in [0.29, 0.717) is 42.1 Å². The topological polar surface area (TPSA) is 84.5 Å². The van der Waals surface area contributed by atoms with Gasteiger partial charge in [0.2, 0.25) is 0 Å². The molecule has 32 heavy (non-hydrogen) atoms. The van der Waals surface area contributed by atoms with Crippen molar-refractivity contribution in [3.8, 4) is 11.8 Å². The van der Waals surface area contributed by atoms with Crippen LogP contribution >= 0.6 is 0 Å². The molecule has 0 bridgehead atoms. The fraction of sp³-hybridized carbons (Fsp3) is 0.385. The van der Waals surface area contributed by atoms with Crippen molar-refractivity contribution in [2.24, 2.45) is 7.05 Å². The number of carbonyl (C=O) groups excluding carboxylic acids is 1. The van der Waals surface area contributed by atoms with Gasteiger partial charge in [-0.2, -0.15) is 5.26 Å². The molecule has 1 aliphatic rings. The summed E-state index contributed by atoms with van der Waals surface area (Å²) in [6.45, 7) is 8.25. The van der Waals surface area contributed by atoms with Gasteiger partial charge >= 0.3 is 0 Å². The van der Waals surface area contributed by atoms with Crippen molar-refractivity contribution in [3.63, 3.8) is 0 Å². The zero-order chi connectivity index (χ0) is 23.3. The van der Waals surface area contributed by atoms with Crippen LogP contribution in [-0.2, 0) is 17.2 Å². The molecular weight excluding hydrogens is 404 g/mol. The highest BCUT2D eigenvalue weighted by atomic mass is 16.6. The van der Waals surface area contributed by atoms with E-state index in [9.17, 15) is 15.2 Å². The summed E-state index contributed by atoms with van der Waals surface area (Å²) >= 11 is 0. The smallest absolute Gasteiger partial charge is 0.195 e. The Morgan fingerprint density at radius 2 is 1.91 bits per heavy atom. The first kappa shape index (κ1) is 22.1. The monoisotopic (exact) mass is 432 g/mol. The summed E-state index contributed by atoms with van der Waals surface area (Å²) < 4.78 is 13.3. The Kier molecular flexibility index (Phi) is 5.36. The van der Waals surface area contributed by atoms with E-state index in [4.69, 9.17) is 9.47 Å². The van der Waals surface area contributed by atoms with Crippen molar-refractivity contribution in [3.05, 3.63) is 64.3 Å². The predicted molar refractivity (Wildman–Crippen MR) is 122 cm³/mol. The van der Waals surface area contributed by atoms with Crippen molar-refractivity contribution in [1.82, 2.24) is 4.57 Å². The van der Waals surface area contributed by atoms with Crippen LogP contribution in [0.3, 0.4) is 0 Å². The van der Waals surface area contributed by atoms with Crippen LogP contribution in [0.25, 0.3) is 10.9 Å². The van der Waals surface area contributed by atoms with Crippen LogP contribution in [0, 0.1) is 11.3 Å². The normalized spacial score (nSPS) is 14.7. The largest absolute Gasteiger partial charge is 0.493 e. The van der Waals surface area contributed by atoms with Gasteiger partial charge in [0.05, 0.1) is 35.9 Å². The highest BCUT2D eigenvalue weighted by molar-refractivity contribution is 6.20. The summed E-state index contributed by atoms with van der Waals surface area (Å²) in [5.41, 5.74) is 4.28. The molecule has 6 heteroatoms. The van der Waals surface area contributed by atoms with Gasteiger partial charge in [-0.05, 0) is 49.7 Å². The average Bonchev–Trinajstić information content (AvgIpc) is 3.04. The highest BCUT2D eigenvalue weighted by Gasteiger charge is 2.41. The first-order valence-corrected chi connectivity index (χ1v) is 10.8. The molecule has 3 aromatic rings. The van der Waals surface area contributed by atoms with Crippen LogP contribution in [0.2, 0.25) is 0 Å².